The van der Waals surface area contributed by atoms with Crippen LogP contribution in [0.2, 0.25) is 0 Å². The number of sulfonamides is 1. The van der Waals surface area contributed by atoms with Gasteiger partial charge in [-0.15, -0.1) is 0 Å². The average Bonchev–Trinajstić information content (AvgIpc) is 2.60. The number of esters is 1. The summed E-state index contributed by atoms with van der Waals surface area (Å²) < 4.78 is 58.8. The number of primary sulfonamides is 1. The smallest absolute Gasteiger partial charge is 0.342 e. The molecule has 0 aromatic heterocycles. The fraction of sp³-hybridized carbons (Fsp3) is 0.125. The summed E-state index contributed by atoms with van der Waals surface area (Å²) in [7, 11) is -2.84. The molecule has 11 heteroatoms. The van der Waals surface area contributed by atoms with Crippen LogP contribution in [0.1, 0.15) is 10.4 Å². The quantitative estimate of drug-likeness (QED) is 0.707. The number of carbonyl (C=O) groups is 2. The number of nitrogens with two attached hydrogens (primary N) is 1. The number of halogens is 2. The largest absolute Gasteiger partial charge is 0.496 e. The highest BCUT2D eigenvalue weighted by atomic mass is 32.2. The lowest BCUT2D eigenvalue weighted by Crippen LogP contribution is -2.22. The number of nitrogens with one attached hydrogen (secondary N) is 1. The van der Waals surface area contributed by atoms with Gasteiger partial charge in [0.2, 0.25) is 10.0 Å². The van der Waals surface area contributed by atoms with Crippen LogP contribution in [0, 0.1) is 11.6 Å². The third kappa shape index (κ3) is 5.21. The van der Waals surface area contributed by atoms with Crippen molar-refractivity contribution in [2.45, 2.75) is 4.90 Å². The number of ether oxygens (including phenoxy) is 2. The van der Waals surface area contributed by atoms with Gasteiger partial charge in [-0.2, -0.15) is 0 Å². The van der Waals surface area contributed by atoms with Crippen molar-refractivity contribution in [3.05, 3.63) is 53.6 Å². The van der Waals surface area contributed by atoms with Gasteiger partial charge in [0.15, 0.2) is 6.61 Å². The first-order chi connectivity index (χ1) is 12.6. The minimum absolute atomic E-state index is 0.00242. The van der Waals surface area contributed by atoms with E-state index >= 15 is 0 Å². The molecule has 8 nitrogen and oxygen atoms in total. The van der Waals surface area contributed by atoms with Crippen LogP contribution in [0.4, 0.5) is 14.5 Å². The van der Waals surface area contributed by atoms with E-state index in [2.05, 4.69) is 5.32 Å². The van der Waals surface area contributed by atoms with E-state index in [-0.39, 0.29) is 21.9 Å². The molecule has 1 amide bonds. The molecule has 0 unspecified atom stereocenters. The molecule has 0 saturated carbocycles. The zero-order chi connectivity index (χ0) is 20.2. The monoisotopic (exact) mass is 400 g/mol. The lowest BCUT2D eigenvalue weighted by Gasteiger charge is -2.10. The normalized spacial score (nSPS) is 11.0. The Hall–Kier alpha value is -3.05. The first-order valence-electron chi connectivity index (χ1n) is 7.24. The Kier molecular flexibility index (Phi) is 6.08. The molecular weight excluding hydrogens is 386 g/mol. The molecule has 0 aliphatic heterocycles. The van der Waals surface area contributed by atoms with Gasteiger partial charge in [0, 0.05) is 6.07 Å². The van der Waals surface area contributed by atoms with Crippen LogP contribution >= 0.6 is 0 Å². The van der Waals surface area contributed by atoms with Crippen molar-refractivity contribution in [1.82, 2.24) is 0 Å². The molecule has 144 valence electrons. The van der Waals surface area contributed by atoms with Crippen molar-refractivity contribution in [3.63, 3.8) is 0 Å². The summed E-state index contributed by atoms with van der Waals surface area (Å²) in [5, 5.41) is 7.11. The number of amides is 1. The first kappa shape index (κ1) is 20.3. The molecule has 0 heterocycles. The molecule has 2 rings (SSSR count). The average molecular weight is 400 g/mol. The van der Waals surface area contributed by atoms with Crippen LogP contribution in [0.5, 0.6) is 5.75 Å². The molecule has 27 heavy (non-hydrogen) atoms. The van der Waals surface area contributed by atoms with E-state index in [0.29, 0.717) is 6.07 Å². The van der Waals surface area contributed by atoms with E-state index in [0.717, 1.165) is 24.3 Å². The number of rotatable bonds is 6. The Labute approximate surface area is 152 Å². The number of carbonyl (C=O) groups excluding carboxylic acids is 2. The maximum Gasteiger partial charge on any atom is 0.342 e. The Balaban J connectivity index is 2.09. The van der Waals surface area contributed by atoms with Gasteiger partial charge in [0.1, 0.15) is 22.9 Å². The molecule has 0 bridgehead atoms. The Morgan fingerprint density at radius 2 is 1.85 bits per heavy atom. The number of hydrogen-bond acceptors (Lipinski definition) is 6. The summed E-state index contributed by atoms with van der Waals surface area (Å²) in [6, 6.07) is 5.79. The molecule has 2 aromatic rings. The van der Waals surface area contributed by atoms with E-state index in [1.54, 1.807) is 0 Å². The molecule has 2 aromatic carbocycles. The first-order valence-corrected chi connectivity index (χ1v) is 8.79. The summed E-state index contributed by atoms with van der Waals surface area (Å²) in [5.41, 5.74) is -0.573. The highest BCUT2D eigenvalue weighted by Gasteiger charge is 2.19. The summed E-state index contributed by atoms with van der Waals surface area (Å²) in [6.45, 7) is -0.807. The summed E-state index contributed by atoms with van der Waals surface area (Å²) in [6.07, 6.45) is 0. The zero-order valence-electron chi connectivity index (χ0n) is 13.9. The molecular formula is C16H14F2N2O6S. The van der Waals surface area contributed by atoms with E-state index in [9.17, 15) is 26.8 Å². The summed E-state index contributed by atoms with van der Waals surface area (Å²) in [5.74, 6) is -3.78. The van der Waals surface area contributed by atoms with Gasteiger partial charge in [-0.3, -0.25) is 4.79 Å². The van der Waals surface area contributed by atoms with Crippen molar-refractivity contribution >= 4 is 27.6 Å². The number of methoxy groups -OCH3 is 1. The van der Waals surface area contributed by atoms with E-state index in [4.69, 9.17) is 14.6 Å². The molecule has 0 saturated heterocycles. The fourth-order valence-electron chi connectivity index (χ4n) is 2.01. The minimum atomic E-state index is -4.08. The molecule has 0 aliphatic carbocycles. The molecule has 0 radical (unpaired) electrons. The second-order valence-corrected chi connectivity index (χ2v) is 6.72. The SMILES string of the molecule is COc1ccc(S(N)(=O)=O)cc1C(=O)OCC(=O)Nc1ccc(F)cc1F. The summed E-state index contributed by atoms with van der Waals surface area (Å²) >= 11 is 0. The van der Waals surface area contributed by atoms with Crippen LogP contribution in [-0.2, 0) is 19.6 Å². The van der Waals surface area contributed by atoms with Gasteiger partial charge in [0.25, 0.3) is 5.91 Å². The summed E-state index contributed by atoms with van der Waals surface area (Å²) in [4.78, 5) is 23.5. The Morgan fingerprint density at radius 1 is 1.15 bits per heavy atom. The van der Waals surface area contributed by atoms with Crippen LogP contribution in [0.3, 0.4) is 0 Å². The lowest BCUT2D eigenvalue weighted by atomic mass is 10.2. The molecule has 0 aliphatic rings. The van der Waals surface area contributed by atoms with Crippen LogP contribution < -0.4 is 15.2 Å². The third-order valence-electron chi connectivity index (χ3n) is 3.26. The van der Waals surface area contributed by atoms with E-state index in [1.165, 1.54) is 13.2 Å². The van der Waals surface area contributed by atoms with Gasteiger partial charge in [-0.1, -0.05) is 0 Å². The van der Waals surface area contributed by atoms with Crippen molar-refractivity contribution in [1.29, 1.82) is 0 Å². The van der Waals surface area contributed by atoms with E-state index < -0.39 is 40.1 Å². The second-order valence-electron chi connectivity index (χ2n) is 5.16. The molecule has 0 fully saturated rings. The van der Waals surface area contributed by atoms with Gasteiger partial charge in [0.05, 0.1) is 17.7 Å². The zero-order valence-corrected chi connectivity index (χ0v) is 14.7. The van der Waals surface area contributed by atoms with Crippen molar-refractivity contribution in [2.75, 3.05) is 19.0 Å². The predicted octanol–water partition coefficient (Wildman–Crippen LogP) is 1.42. The molecule has 0 spiro atoms. The standard InChI is InChI=1S/C16H14F2N2O6S/c1-25-14-5-3-10(27(19,23)24)7-11(14)16(22)26-8-15(21)20-13-4-2-9(17)6-12(13)18/h2-7H,8H2,1H3,(H,20,21)(H2,19,23,24). The topological polar surface area (TPSA) is 125 Å². The van der Waals surface area contributed by atoms with Crippen molar-refractivity contribution in [3.8, 4) is 5.75 Å². The third-order valence-corrected chi connectivity index (χ3v) is 4.17. The number of benzene rings is 2. The van der Waals surface area contributed by atoms with Gasteiger partial charge in [-0.25, -0.2) is 27.1 Å². The highest BCUT2D eigenvalue weighted by Crippen LogP contribution is 2.23. The van der Waals surface area contributed by atoms with Crippen molar-refractivity contribution < 1.29 is 36.3 Å². The number of anilines is 1. The van der Waals surface area contributed by atoms with Gasteiger partial charge < -0.3 is 14.8 Å². The van der Waals surface area contributed by atoms with Crippen molar-refractivity contribution in [2.24, 2.45) is 5.14 Å². The van der Waals surface area contributed by atoms with E-state index in [1.807, 2.05) is 0 Å². The Bertz CT molecular complexity index is 994. The maximum atomic E-state index is 13.5. The van der Waals surface area contributed by atoms with Crippen LogP contribution in [0.15, 0.2) is 41.3 Å². The predicted molar refractivity (Wildman–Crippen MR) is 89.6 cm³/mol. The lowest BCUT2D eigenvalue weighted by molar-refractivity contribution is -0.119. The molecule has 0 atom stereocenters. The minimum Gasteiger partial charge on any atom is -0.496 e. The highest BCUT2D eigenvalue weighted by molar-refractivity contribution is 7.89. The van der Waals surface area contributed by atoms with Gasteiger partial charge in [-0.05, 0) is 30.3 Å². The second kappa shape index (κ2) is 8.10. The van der Waals surface area contributed by atoms with Crippen LogP contribution in [0.25, 0.3) is 0 Å². The fourth-order valence-corrected chi connectivity index (χ4v) is 2.55. The number of hydrogen-bond donors (Lipinski definition) is 2. The maximum absolute atomic E-state index is 13.5. The van der Waals surface area contributed by atoms with Gasteiger partial charge >= 0.3 is 5.97 Å². The van der Waals surface area contributed by atoms with Crippen LogP contribution in [-0.4, -0.2) is 34.0 Å². The Morgan fingerprint density at radius 3 is 2.44 bits per heavy atom. The molecule has 3 N–H and O–H groups in total.